The van der Waals surface area contributed by atoms with Gasteiger partial charge in [-0.3, -0.25) is 4.79 Å². The van der Waals surface area contributed by atoms with Gasteiger partial charge in [0.1, 0.15) is 0 Å². The van der Waals surface area contributed by atoms with Crippen LogP contribution in [0.2, 0.25) is 0 Å². The van der Waals surface area contributed by atoms with Crippen LogP contribution < -0.4 is 5.32 Å². The Bertz CT molecular complexity index is 641. The standard InChI is InChI=1S/C18H22N2O2/c1-12-3-5-15(6-4-12)16-11-19-18(22-16)10-9-17(21)20-13(2)14-7-8-14/h3-6,11,13-14H,7-10H2,1-2H3,(H,20,21). The third kappa shape index (κ3) is 3.75. The first-order chi connectivity index (χ1) is 10.6. The molecule has 1 aromatic heterocycles. The van der Waals surface area contributed by atoms with E-state index in [2.05, 4.69) is 24.1 Å². The molecule has 3 rings (SSSR count). The molecule has 1 atom stereocenters. The fourth-order valence-corrected chi connectivity index (χ4v) is 2.54. The van der Waals surface area contributed by atoms with E-state index in [9.17, 15) is 4.79 Å². The van der Waals surface area contributed by atoms with Crippen LogP contribution in [0, 0.1) is 12.8 Å². The number of benzene rings is 1. The van der Waals surface area contributed by atoms with Gasteiger partial charge in [0.15, 0.2) is 11.7 Å². The smallest absolute Gasteiger partial charge is 0.220 e. The van der Waals surface area contributed by atoms with E-state index in [1.165, 1.54) is 18.4 Å². The predicted molar refractivity (Wildman–Crippen MR) is 85.3 cm³/mol. The van der Waals surface area contributed by atoms with Crippen LogP contribution in [0.4, 0.5) is 0 Å². The molecule has 0 bridgehead atoms. The Morgan fingerprint density at radius 1 is 1.36 bits per heavy atom. The number of amides is 1. The summed E-state index contributed by atoms with van der Waals surface area (Å²) in [6.45, 7) is 4.13. The Morgan fingerprint density at radius 3 is 2.77 bits per heavy atom. The number of aromatic nitrogens is 1. The maximum absolute atomic E-state index is 11.9. The Kier molecular flexibility index (Phi) is 4.27. The molecule has 0 radical (unpaired) electrons. The molecule has 1 amide bonds. The van der Waals surface area contributed by atoms with E-state index < -0.39 is 0 Å². The van der Waals surface area contributed by atoms with E-state index in [0.29, 0.717) is 30.7 Å². The zero-order chi connectivity index (χ0) is 15.5. The number of hydrogen-bond acceptors (Lipinski definition) is 3. The van der Waals surface area contributed by atoms with Gasteiger partial charge in [0.2, 0.25) is 5.91 Å². The first-order valence-electron chi connectivity index (χ1n) is 7.93. The van der Waals surface area contributed by atoms with Gasteiger partial charge >= 0.3 is 0 Å². The maximum atomic E-state index is 11.9. The second kappa shape index (κ2) is 6.34. The lowest BCUT2D eigenvalue weighted by Gasteiger charge is -2.11. The molecule has 116 valence electrons. The molecular formula is C18H22N2O2. The highest BCUT2D eigenvalue weighted by molar-refractivity contribution is 5.76. The van der Waals surface area contributed by atoms with Crippen LogP contribution >= 0.6 is 0 Å². The average molecular weight is 298 g/mol. The third-order valence-electron chi connectivity index (χ3n) is 4.17. The quantitative estimate of drug-likeness (QED) is 0.888. The van der Waals surface area contributed by atoms with Crippen molar-refractivity contribution in [1.29, 1.82) is 0 Å². The van der Waals surface area contributed by atoms with Crippen molar-refractivity contribution in [2.75, 3.05) is 0 Å². The summed E-state index contributed by atoms with van der Waals surface area (Å²) in [5, 5.41) is 3.05. The van der Waals surface area contributed by atoms with Crippen molar-refractivity contribution in [3.8, 4) is 11.3 Å². The fraction of sp³-hybridized carbons (Fsp3) is 0.444. The number of nitrogens with zero attached hydrogens (tertiary/aromatic N) is 1. The van der Waals surface area contributed by atoms with Crippen LogP contribution in [0.5, 0.6) is 0 Å². The molecule has 1 N–H and O–H groups in total. The fourth-order valence-electron chi connectivity index (χ4n) is 2.54. The van der Waals surface area contributed by atoms with Crippen LogP contribution in [0.15, 0.2) is 34.9 Å². The van der Waals surface area contributed by atoms with E-state index in [4.69, 9.17) is 4.42 Å². The number of hydrogen-bond donors (Lipinski definition) is 1. The molecule has 4 nitrogen and oxygen atoms in total. The Morgan fingerprint density at radius 2 is 2.09 bits per heavy atom. The van der Waals surface area contributed by atoms with Crippen molar-refractivity contribution in [2.45, 2.75) is 45.6 Å². The summed E-state index contributed by atoms with van der Waals surface area (Å²) in [5.74, 6) is 2.12. The van der Waals surface area contributed by atoms with E-state index in [0.717, 1.165) is 11.3 Å². The molecule has 1 saturated carbocycles. The molecule has 1 aromatic carbocycles. The number of aryl methyl sites for hydroxylation is 2. The summed E-state index contributed by atoms with van der Waals surface area (Å²) >= 11 is 0. The van der Waals surface area contributed by atoms with E-state index in [-0.39, 0.29) is 5.91 Å². The molecule has 1 aliphatic rings. The minimum absolute atomic E-state index is 0.0782. The summed E-state index contributed by atoms with van der Waals surface area (Å²) in [6.07, 6.45) is 5.16. The summed E-state index contributed by atoms with van der Waals surface area (Å²) in [6, 6.07) is 8.42. The molecule has 1 fully saturated rings. The molecule has 1 aliphatic carbocycles. The highest BCUT2D eigenvalue weighted by atomic mass is 16.4. The average Bonchev–Trinajstić information content (AvgIpc) is 3.25. The summed E-state index contributed by atoms with van der Waals surface area (Å²) < 4.78 is 5.73. The first kappa shape index (κ1) is 14.8. The summed E-state index contributed by atoms with van der Waals surface area (Å²) in [4.78, 5) is 16.2. The molecular weight excluding hydrogens is 276 g/mol. The van der Waals surface area contributed by atoms with Gasteiger partial charge in [0, 0.05) is 24.4 Å². The van der Waals surface area contributed by atoms with Crippen LogP contribution in [-0.4, -0.2) is 16.9 Å². The third-order valence-corrected chi connectivity index (χ3v) is 4.17. The monoisotopic (exact) mass is 298 g/mol. The number of oxazole rings is 1. The van der Waals surface area contributed by atoms with Gasteiger partial charge in [0.25, 0.3) is 0 Å². The molecule has 1 unspecified atom stereocenters. The van der Waals surface area contributed by atoms with Crippen molar-refractivity contribution in [1.82, 2.24) is 10.3 Å². The lowest BCUT2D eigenvalue weighted by atomic mass is 10.1. The number of rotatable bonds is 6. The minimum atomic E-state index is 0.0782. The lowest BCUT2D eigenvalue weighted by Crippen LogP contribution is -2.34. The first-order valence-corrected chi connectivity index (χ1v) is 7.93. The van der Waals surface area contributed by atoms with Gasteiger partial charge in [0.05, 0.1) is 6.20 Å². The second-order valence-electron chi connectivity index (χ2n) is 6.18. The Balaban J connectivity index is 1.53. The predicted octanol–water partition coefficient (Wildman–Crippen LogP) is 3.50. The largest absolute Gasteiger partial charge is 0.441 e. The Labute approximate surface area is 130 Å². The SMILES string of the molecule is Cc1ccc(-c2cnc(CCC(=O)NC(C)C3CC3)o2)cc1. The van der Waals surface area contributed by atoms with Crippen molar-refractivity contribution in [3.63, 3.8) is 0 Å². The zero-order valence-electron chi connectivity index (χ0n) is 13.1. The van der Waals surface area contributed by atoms with Crippen LogP contribution in [0.1, 0.15) is 37.6 Å². The van der Waals surface area contributed by atoms with Gasteiger partial charge in [-0.1, -0.05) is 29.8 Å². The van der Waals surface area contributed by atoms with Gasteiger partial charge < -0.3 is 9.73 Å². The van der Waals surface area contributed by atoms with Gasteiger partial charge in [-0.2, -0.15) is 0 Å². The number of carbonyl (C=O) groups is 1. The van der Waals surface area contributed by atoms with Crippen molar-refractivity contribution in [3.05, 3.63) is 41.9 Å². The molecule has 22 heavy (non-hydrogen) atoms. The van der Waals surface area contributed by atoms with Crippen molar-refractivity contribution >= 4 is 5.91 Å². The molecule has 0 spiro atoms. The summed E-state index contributed by atoms with van der Waals surface area (Å²) in [5.41, 5.74) is 2.22. The van der Waals surface area contributed by atoms with Gasteiger partial charge in [-0.25, -0.2) is 4.98 Å². The van der Waals surface area contributed by atoms with Crippen LogP contribution in [0.25, 0.3) is 11.3 Å². The van der Waals surface area contributed by atoms with Gasteiger partial charge in [-0.05, 0) is 32.6 Å². The molecule has 2 aromatic rings. The normalized spacial score (nSPS) is 15.5. The molecule has 0 aliphatic heterocycles. The second-order valence-corrected chi connectivity index (χ2v) is 6.18. The van der Waals surface area contributed by atoms with E-state index in [1.54, 1.807) is 6.20 Å². The van der Waals surface area contributed by atoms with E-state index in [1.807, 2.05) is 24.3 Å². The lowest BCUT2D eigenvalue weighted by molar-refractivity contribution is -0.121. The number of nitrogens with one attached hydrogen (secondary N) is 1. The molecule has 0 saturated heterocycles. The van der Waals surface area contributed by atoms with Crippen LogP contribution in [0.3, 0.4) is 0 Å². The highest BCUT2D eigenvalue weighted by Gasteiger charge is 2.28. The molecule has 1 heterocycles. The van der Waals surface area contributed by atoms with Crippen LogP contribution in [-0.2, 0) is 11.2 Å². The zero-order valence-corrected chi connectivity index (χ0v) is 13.1. The topological polar surface area (TPSA) is 55.1 Å². The summed E-state index contributed by atoms with van der Waals surface area (Å²) in [7, 11) is 0. The maximum Gasteiger partial charge on any atom is 0.220 e. The molecule has 4 heteroatoms. The van der Waals surface area contributed by atoms with E-state index >= 15 is 0 Å². The van der Waals surface area contributed by atoms with Crippen molar-refractivity contribution < 1.29 is 9.21 Å². The van der Waals surface area contributed by atoms with Crippen molar-refractivity contribution in [2.24, 2.45) is 5.92 Å². The van der Waals surface area contributed by atoms with Gasteiger partial charge in [-0.15, -0.1) is 0 Å². The highest BCUT2D eigenvalue weighted by Crippen LogP contribution is 2.32. The Hall–Kier alpha value is -2.10. The number of carbonyl (C=O) groups excluding carboxylic acids is 1. The minimum Gasteiger partial charge on any atom is -0.441 e.